The average molecular weight is 418 g/mol. The van der Waals surface area contributed by atoms with E-state index in [0.29, 0.717) is 19.6 Å². The van der Waals surface area contributed by atoms with E-state index in [1.165, 1.54) is 0 Å². The van der Waals surface area contributed by atoms with Crippen molar-refractivity contribution in [1.82, 2.24) is 4.90 Å². The van der Waals surface area contributed by atoms with Crippen molar-refractivity contribution in [3.05, 3.63) is 23.3 Å². The van der Waals surface area contributed by atoms with E-state index in [9.17, 15) is 15.3 Å². The van der Waals surface area contributed by atoms with Crippen molar-refractivity contribution in [2.24, 2.45) is 16.7 Å². The lowest BCUT2D eigenvalue weighted by Gasteiger charge is -2.65. The molecule has 9 atom stereocenters. The Balaban J connectivity index is 1.68. The molecule has 1 unspecified atom stereocenters. The van der Waals surface area contributed by atoms with Crippen LogP contribution in [0.2, 0.25) is 0 Å². The van der Waals surface area contributed by atoms with Crippen LogP contribution in [0.15, 0.2) is 12.1 Å². The number of phenolic OH excluding ortho intramolecular Hbond substituents is 2. The quantitative estimate of drug-likeness (QED) is 0.638. The minimum absolute atomic E-state index is 0.0472. The second-order valence-corrected chi connectivity index (χ2v) is 9.97. The van der Waals surface area contributed by atoms with E-state index in [2.05, 4.69) is 11.8 Å². The van der Waals surface area contributed by atoms with E-state index < -0.39 is 11.5 Å². The number of nitrogens with zero attached hydrogens (tertiary/aromatic N) is 1. The largest absolute Gasteiger partial charge is 0.504 e. The number of hydrogen-bond acceptors (Lipinski definition) is 7. The number of fused-ring (bicyclic) bond motifs is 3. The Morgan fingerprint density at radius 1 is 1.20 bits per heavy atom. The van der Waals surface area contributed by atoms with Crippen LogP contribution in [0.3, 0.4) is 0 Å². The Labute approximate surface area is 176 Å². The summed E-state index contributed by atoms with van der Waals surface area (Å²) in [5.74, 6) is 0.0413. The molecular weight excluding hydrogens is 386 g/mol. The Bertz CT molecular complexity index is 893. The topological polar surface area (TPSA) is 91.6 Å². The van der Waals surface area contributed by atoms with E-state index in [1.807, 2.05) is 0 Å². The molecule has 1 aromatic rings. The van der Waals surface area contributed by atoms with Crippen LogP contribution in [-0.2, 0) is 14.2 Å². The fourth-order valence-electron chi connectivity index (χ4n) is 8.67. The number of benzene rings is 1. The molecule has 0 amide bonds. The molecule has 4 fully saturated rings. The summed E-state index contributed by atoms with van der Waals surface area (Å²) >= 11 is 0. The highest BCUT2D eigenvalue weighted by molar-refractivity contribution is 5.56. The number of likely N-dealkylation sites (tertiary alicyclic amines) is 1. The molecule has 7 nitrogen and oxygen atoms in total. The van der Waals surface area contributed by atoms with Crippen LogP contribution in [0.1, 0.15) is 36.3 Å². The lowest BCUT2D eigenvalue weighted by Crippen LogP contribution is -2.73. The fraction of sp³-hybridized carbons (Fsp3) is 0.739. The van der Waals surface area contributed by atoms with Gasteiger partial charge in [-0.05, 0) is 29.8 Å². The minimum atomic E-state index is -0.534. The predicted molar refractivity (Wildman–Crippen MR) is 108 cm³/mol. The fourth-order valence-corrected chi connectivity index (χ4v) is 8.67. The van der Waals surface area contributed by atoms with Gasteiger partial charge in [0.05, 0.1) is 31.5 Å². The molecule has 0 aromatic heterocycles. The van der Waals surface area contributed by atoms with Crippen molar-refractivity contribution in [3.63, 3.8) is 0 Å². The summed E-state index contributed by atoms with van der Waals surface area (Å²) in [7, 11) is 3.48. The maximum absolute atomic E-state index is 11.5. The van der Waals surface area contributed by atoms with Gasteiger partial charge in [0, 0.05) is 61.8 Å². The van der Waals surface area contributed by atoms with Crippen molar-refractivity contribution in [3.8, 4) is 11.5 Å². The van der Waals surface area contributed by atoms with Gasteiger partial charge in [0.1, 0.15) is 0 Å². The van der Waals surface area contributed by atoms with Crippen LogP contribution >= 0.6 is 0 Å². The highest BCUT2D eigenvalue weighted by Gasteiger charge is 2.82. The van der Waals surface area contributed by atoms with Crippen molar-refractivity contribution in [1.29, 1.82) is 0 Å². The number of likely N-dealkylation sites (N-methyl/N-ethyl adjacent to an activating group) is 1. The molecule has 164 valence electrons. The molecule has 1 aromatic carbocycles. The van der Waals surface area contributed by atoms with Crippen molar-refractivity contribution in [2.45, 2.75) is 49.5 Å². The number of hydrogen-bond donors (Lipinski definition) is 3. The Kier molecular flexibility index (Phi) is 3.93. The zero-order valence-electron chi connectivity index (χ0n) is 17.7. The average Bonchev–Trinajstić information content (AvgIpc) is 3.17. The Morgan fingerprint density at radius 3 is 2.60 bits per heavy atom. The summed E-state index contributed by atoms with van der Waals surface area (Å²) in [5.41, 5.74) is 1.48. The van der Waals surface area contributed by atoms with Crippen LogP contribution in [0.4, 0.5) is 0 Å². The van der Waals surface area contributed by atoms with Gasteiger partial charge in [0.15, 0.2) is 11.5 Å². The number of ether oxygens (including phenoxy) is 3. The molecule has 0 radical (unpaired) electrons. The smallest absolute Gasteiger partial charge is 0.157 e. The zero-order chi connectivity index (χ0) is 21.0. The first-order valence-electron chi connectivity index (χ1n) is 11.1. The van der Waals surface area contributed by atoms with E-state index in [4.69, 9.17) is 14.2 Å². The molecule has 7 heteroatoms. The van der Waals surface area contributed by atoms with Gasteiger partial charge < -0.3 is 29.5 Å². The van der Waals surface area contributed by atoms with Gasteiger partial charge in [-0.15, -0.1) is 0 Å². The van der Waals surface area contributed by atoms with Crippen LogP contribution in [-0.4, -0.2) is 85.1 Å². The number of methoxy groups -OCH3 is 2. The van der Waals surface area contributed by atoms with E-state index >= 15 is 0 Å². The monoisotopic (exact) mass is 417 g/mol. The third kappa shape index (κ3) is 1.87. The lowest BCUT2D eigenvalue weighted by atomic mass is 9.45. The van der Waals surface area contributed by atoms with Gasteiger partial charge in [-0.2, -0.15) is 0 Å². The number of aliphatic hydroxyl groups is 1. The SMILES string of the molecule is CCN1C[C@]2(COC)[C@H](O)C[C@@H]3OC[C@@H]4c5cc(O)c(O)cc5[C@@H]5C1[C@]34[C@@H]2[C@H]5OC. The second kappa shape index (κ2) is 6.11. The number of aromatic hydroxyl groups is 2. The zero-order valence-corrected chi connectivity index (χ0v) is 17.7. The van der Waals surface area contributed by atoms with E-state index in [-0.39, 0.29) is 52.9 Å². The Morgan fingerprint density at radius 2 is 1.93 bits per heavy atom. The molecule has 2 saturated carbocycles. The van der Waals surface area contributed by atoms with E-state index in [1.54, 1.807) is 26.4 Å². The van der Waals surface area contributed by atoms with Gasteiger partial charge >= 0.3 is 0 Å². The first kappa shape index (κ1) is 19.3. The van der Waals surface area contributed by atoms with Crippen LogP contribution in [0.25, 0.3) is 0 Å². The van der Waals surface area contributed by atoms with Gasteiger partial charge in [0.25, 0.3) is 0 Å². The summed E-state index contributed by atoms with van der Waals surface area (Å²) in [6.45, 7) is 4.84. The number of rotatable bonds is 4. The predicted octanol–water partition coefficient (Wildman–Crippen LogP) is 1.41. The molecule has 1 spiro atoms. The van der Waals surface area contributed by atoms with E-state index in [0.717, 1.165) is 24.2 Å². The molecule has 6 rings (SSSR count). The highest BCUT2D eigenvalue weighted by Crippen LogP contribution is 2.77. The first-order valence-corrected chi connectivity index (χ1v) is 11.1. The first-order chi connectivity index (χ1) is 14.4. The van der Waals surface area contributed by atoms with Gasteiger partial charge in [-0.25, -0.2) is 0 Å². The van der Waals surface area contributed by atoms with Crippen LogP contribution in [0, 0.1) is 16.7 Å². The van der Waals surface area contributed by atoms with Crippen LogP contribution in [0.5, 0.6) is 11.5 Å². The molecular formula is C23H31NO6. The molecule has 30 heavy (non-hydrogen) atoms. The summed E-state index contributed by atoms with van der Waals surface area (Å²) in [6.07, 6.45) is -0.103. The molecule has 2 heterocycles. The summed E-state index contributed by atoms with van der Waals surface area (Å²) in [5, 5.41) is 32.2. The van der Waals surface area contributed by atoms with Gasteiger partial charge in [-0.3, -0.25) is 4.90 Å². The third-order valence-corrected chi connectivity index (χ3v) is 9.32. The molecule has 5 bridgehead atoms. The second-order valence-electron chi connectivity index (χ2n) is 9.97. The third-order valence-electron chi connectivity index (χ3n) is 9.32. The van der Waals surface area contributed by atoms with Crippen molar-refractivity contribution < 1.29 is 29.5 Å². The van der Waals surface area contributed by atoms with Gasteiger partial charge in [-0.1, -0.05) is 6.92 Å². The summed E-state index contributed by atoms with van der Waals surface area (Å²) in [4.78, 5) is 2.50. The molecule has 3 N–H and O–H groups in total. The molecule has 2 aliphatic heterocycles. The van der Waals surface area contributed by atoms with Crippen molar-refractivity contribution >= 4 is 0 Å². The number of aliphatic hydroxyl groups excluding tert-OH is 1. The number of piperidine rings is 1. The van der Waals surface area contributed by atoms with Gasteiger partial charge in [0.2, 0.25) is 0 Å². The normalized spacial score (nSPS) is 48.1. The molecule has 3 aliphatic carbocycles. The standard InChI is InChI=1S/C23H31NO6/c1-4-24-9-22(10-28-2)16(27)7-17-23-13(8-30-17)11-5-14(25)15(26)6-12(11)18(21(23)24)19(29-3)20(22)23/h5-6,13,16-21,25-27H,4,7-10H2,1-3H3/t13-,16-,17+,18+,19+,20-,21?,22+,23+/m1/s1. The maximum atomic E-state index is 11.5. The highest BCUT2D eigenvalue weighted by atomic mass is 16.5. The van der Waals surface area contributed by atoms with Crippen LogP contribution < -0.4 is 0 Å². The minimum Gasteiger partial charge on any atom is -0.504 e. The maximum Gasteiger partial charge on any atom is 0.157 e. The van der Waals surface area contributed by atoms with Crippen molar-refractivity contribution in [2.75, 3.05) is 40.5 Å². The lowest BCUT2D eigenvalue weighted by molar-refractivity contribution is -0.235. The summed E-state index contributed by atoms with van der Waals surface area (Å²) < 4.78 is 18.4. The Hall–Kier alpha value is -1.38. The molecule has 2 saturated heterocycles. The molecule has 5 aliphatic rings. The summed E-state index contributed by atoms with van der Waals surface area (Å²) in [6, 6.07) is 3.69. The number of phenols is 2.